The number of amides is 1. The minimum atomic E-state index is -1.23. The number of hydrogen-bond acceptors (Lipinski definition) is 3. The summed E-state index contributed by atoms with van der Waals surface area (Å²) in [7, 11) is 0. The Kier molecular flexibility index (Phi) is 4.41. The second-order valence-electron chi connectivity index (χ2n) is 4.64. The lowest BCUT2D eigenvalue weighted by Gasteiger charge is -2.18. The van der Waals surface area contributed by atoms with Crippen molar-refractivity contribution in [3.63, 3.8) is 0 Å². The molecule has 0 spiro atoms. The van der Waals surface area contributed by atoms with E-state index in [1.165, 1.54) is 6.26 Å². The minimum absolute atomic E-state index is 0.195. The number of hydrogen-bond donors (Lipinski definition) is 1. The van der Waals surface area contributed by atoms with Gasteiger partial charge in [0.15, 0.2) is 10.7 Å². The number of anilines is 1. The molecule has 1 heterocycles. The molecular weight excluding hydrogens is 260 g/mol. The fourth-order valence-corrected chi connectivity index (χ4v) is 1.82. The maximum Gasteiger partial charge on any atom is 0.231 e. The molecule has 4 nitrogen and oxygen atoms in total. The Morgan fingerprint density at radius 1 is 1.47 bits per heavy atom. The van der Waals surface area contributed by atoms with Crippen LogP contribution in [0.2, 0.25) is 5.15 Å². The van der Waals surface area contributed by atoms with E-state index in [0.29, 0.717) is 4.90 Å². The number of pyridine rings is 1. The lowest BCUT2D eigenvalue weighted by atomic mass is 9.96. The molecule has 94 valence electrons. The van der Waals surface area contributed by atoms with Crippen LogP contribution >= 0.6 is 11.6 Å². The maximum absolute atomic E-state index is 11.8. The molecule has 0 aliphatic rings. The first kappa shape index (κ1) is 14.3. The minimum Gasteiger partial charge on any atom is -0.612 e. The number of carbonyl (C=O) groups excluding carboxylic acids is 1. The molecule has 1 aromatic heterocycles. The summed E-state index contributed by atoms with van der Waals surface area (Å²) in [4.78, 5) is 16.3. The zero-order valence-corrected chi connectivity index (χ0v) is 11.8. The van der Waals surface area contributed by atoms with E-state index in [1.54, 1.807) is 32.9 Å². The monoisotopic (exact) mass is 274 g/mol. The van der Waals surface area contributed by atoms with Gasteiger partial charge < -0.3 is 9.87 Å². The molecule has 1 rings (SSSR count). The molecule has 0 bridgehead atoms. The van der Waals surface area contributed by atoms with Gasteiger partial charge in [0.05, 0.1) is 0 Å². The molecule has 6 heteroatoms. The summed E-state index contributed by atoms with van der Waals surface area (Å²) in [6, 6.07) is 3.15. The molecular formula is C11H15ClN2O2S. The highest BCUT2D eigenvalue weighted by atomic mass is 35.5. The van der Waals surface area contributed by atoms with E-state index in [2.05, 4.69) is 10.3 Å². The van der Waals surface area contributed by atoms with Crippen LogP contribution in [0, 0.1) is 5.41 Å². The number of carbonyl (C=O) groups is 1. The predicted molar refractivity (Wildman–Crippen MR) is 69.7 cm³/mol. The Hall–Kier alpha value is -0.780. The molecule has 0 saturated heterocycles. The summed E-state index contributed by atoms with van der Waals surface area (Å²) in [6.45, 7) is 5.36. The Bertz CT molecular complexity index is 430. The summed E-state index contributed by atoms with van der Waals surface area (Å²) in [5, 5.41) is 2.90. The van der Waals surface area contributed by atoms with Gasteiger partial charge in [-0.05, 0) is 17.2 Å². The standard InChI is InChI=1S/C11H15ClN2O2S/c1-11(2,3)10(15)14-9-7(17(4)16)5-6-8(12)13-9/h5-6H,1-4H3,(H,13,14,15). The van der Waals surface area contributed by atoms with Crippen molar-refractivity contribution in [3.05, 3.63) is 17.3 Å². The van der Waals surface area contributed by atoms with Gasteiger partial charge in [0.1, 0.15) is 11.4 Å². The lowest BCUT2D eigenvalue weighted by Crippen LogP contribution is -2.28. The first-order valence-corrected chi connectivity index (χ1v) is 6.97. The third-order valence-electron chi connectivity index (χ3n) is 2.05. The fourth-order valence-electron chi connectivity index (χ4n) is 1.04. The van der Waals surface area contributed by atoms with Crippen LogP contribution in [0.15, 0.2) is 17.0 Å². The van der Waals surface area contributed by atoms with Crippen molar-refractivity contribution in [2.24, 2.45) is 5.41 Å². The van der Waals surface area contributed by atoms with Crippen LogP contribution in [-0.2, 0) is 16.0 Å². The van der Waals surface area contributed by atoms with Crippen molar-refractivity contribution in [3.8, 4) is 0 Å². The maximum atomic E-state index is 11.8. The molecule has 1 N–H and O–H groups in total. The molecule has 1 aromatic rings. The van der Waals surface area contributed by atoms with Crippen LogP contribution in [0.4, 0.5) is 5.82 Å². The molecule has 0 saturated carbocycles. The molecule has 0 aliphatic carbocycles. The van der Waals surface area contributed by atoms with Crippen molar-refractivity contribution in [1.29, 1.82) is 0 Å². The van der Waals surface area contributed by atoms with Crippen LogP contribution in [0.3, 0.4) is 0 Å². The van der Waals surface area contributed by atoms with Crippen molar-refractivity contribution in [1.82, 2.24) is 4.98 Å². The second kappa shape index (κ2) is 5.25. The first-order valence-electron chi connectivity index (χ1n) is 5.03. The zero-order valence-electron chi connectivity index (χ0n) is 10.2. The van der Waals surface area contributed by atoms with Crippen LogP contribution in [0.5, 0.6) is 0 Å². The number of nitrogens with zero attached hydrogens (tertiary/aromatic N) is 1. The van der Waals surface area contributed by atoms with E-state index in [1.807, 2.05) is 0 Å². The predicted octanol–water partition coefficient (Wildman–Crippen LogP) is 2.46. The van der Waals surface area contributed by atoms with Crippen molar-refractivity contribution in [2.75, 3.05) is 11.6 Å². The Morgan fingerprint density at radius 2 is 2.06 bits per heavy atom. The Balaban J connectivity index is 3.05. The van der Waals surface area contributed by atoms with Gasteiger partial charge in [0.25, 0.3) is 0 Å². The number of rotatable bonds is 2. The smallest absolute Gasteiger partial charge is 0.231 e. The van der Waals surface area contributed by atoms with Gasteiger partial charge in [-0.3, -0.25) is 4.79 Å². The van der Waals surface area contributed by atoms with Gasteiger partial charge in [0, 0.05) is 11.5 Å². The second-order valence-corrected chi connectivity index (χ2v) is 6.37. The summed E-state index contributed by atoms with van der Waals surface area (Å²) in [5.74, 6) is 0.0669. The normalized spacial score (nSPS) is 13.3. The van der Waals surface area contributed by atoms with E-state index in [-0.39, 0.29) is 16.9 Å². The van der Waals surface area contributed by atoms with Crippen LogP contribution in [0.25, 0.3) is 0 Å². The van der Waals surface area contributed by atoms with Crippen LogP contribution < -0.4 is 5.32 Å². The highest BCUT2D eigenvalue weighted by molar-refractivity contribution is 7.90. The van der Waals surface area contributed by atoms with Gasteiger partial charge in [-0.1, -0.05) is 32.4 Å². The van der Waals surface area contributed by atoms with Gasteiger partial charge in [-0.2, -0.15) is 0 Å². The molecule has 0 fully saturated rings. The van der Waals surface area contributed by atoms with Gasteiger partial charge >= 0.3 is 0 Å². The highest BCUT2D eigenvalue weighted by Gasteiger charge is 2.24. The molecule has 0 radical (unpaired) electrons. The Morgan fingerprint density at radius 3 is 2.53 bits per heavy atom. The first-order chi connectivity index (χ1) is 7.71. The third kappa shape index (κ3) is 3.87. The average molecular weight is 275 g/mol. The van der Waals surface area contributed by atoms with Gasteiger partial charge in [-0.15, -0.1) is 0 Å². The SMILES string of the molecule is C[S+]([O-])c1ccc(Cl)nc1NC(=O)C(C)(C)C. The van der Waals surface area contributed by atoms with Crippen molar-refractivity contribution >= 4 is 34.5 Å². The molecule has 0 aromatic carbocycles. The third-order valence-corrected chi connectivity index (χ3v) is 3.21. The van der Waals surface area contributed by atoms with Crippen LogP contribution in [0.1, 0.15) is 20.8 Å². The van der Waals surface area contributed by atoms with Gasteiger partial charge in [-0.25, -0.2) is 4.98 Å². The lowest BCUT2D eigenvalue weighted by molar-refractivity contribution is -0.123. The Labute approximate surface area is 109 Å². The number of halogens is 1. The summed E-state index contributed by atoms with van der Waals surface area (Å²) in [5.41, 5.74) is -0.545. The fraction of sp³-hybridized carbons (Fsp3) is 0.455. The topological polar surface area (TPSA) is 65.1 Å². The van der Waals surface area contributed by atoms with E-state index < -0.39 is 16.6 Å². The number of aromatic nitrogens is 1. The summed E-state index contributed by atoms with van der Waals surface area (Å²) < 4.78 is 11.5. The van der Waals surface area contributed by atoms with E-state index >= 15 is 0 Å². The highest BCUT2D eigenvalue weighted by Crippen LogP contribution is 2.24. The van der Waals surface area contributed by atoms with E-state index in [9.17, 15) is 9.35 Å². The van der Waals surface area contributed by atoms with Crippen LogP contribution in [-0.4, -0.2) is 21.7 Å². The van der Waals surface area contributed by atoms with Crippen molar-refractivity contribution < 1.29 is 9.35 Å². The summed E-state index contributed by atoms with van der Waals surface area (Å²) in [6.07, 6.45) is 1.53. The zero-order chi connectivity index (χ0) is 13.2. The van der Waals surface area contributed by atoms with Crippen molar-refractivity contribution in [2.45, 2.75) is 25.7 Å². The molecule has 17 heavy (non-hydrogen) atoms. The molecule has 1 unspecified atom stereocenters. The summed E-state index contributed by atoms with van der Waals surface area (Å²) >= 11 is 4.53. The van der Waals surface area contributed by atoms with E-state index in [0.717, 1.165) is 0 Å². The van der Waals surface area contributed by atoms with E-state index in [4.69, 9.17) is 11.6 Å². The largest absolute Gasteiger partial charge is 0.612 e. The average Bonchev–Trinajstić information content (AvgIpc) is 2.15. The van der Waals surface area contributed by atoms with Gasteiger partial charge in [0.2, 0.25) is 5.91 Å². The molecule has 1 amide bonds. The molecule has 0 aliphatic heterocycles. The number of nitrogens with one attached hydrogen (secondary N) is 1. The molecule has 1 atom stereocenters. The quantitative estimate of drug-likeness (QED) is 0.665.